The molecule has 0 saturated carbocycles. The molecule has 0 amide bonds. The van der Waals surface area contributed by atoms with Gasteiger partial charge in [0.15, 0.2) is 0 Å². The van der Waals surface area contributed by atoms with Gasteiger partial charge in [-0.25, -0.2) is 0 Å². The molecule has 0 unspecified atom stereocenters. The molecule has 0 atom stereocenters. The Balaban J connectivity index is 2.31. The monoisotopic (exact) mass is 161 g/mol. The largest absolute Gasteiger partial charge is 0.0885 e. The minimum Gasteiger partial charge on any atom is -0.0885 e. The van der Waals surface area contributed by atoms with Crippen LogP contribution in [0.3, 0.4) is 0 Å². The molecule has 0 bridgehead atoms. The van der Waals surface area contributed by atoms with Gasteiger partial charge in [0.05, 0.1) is 0 Å². The van der Waals surface area contributed by atoms with E-state index in [2.05, 4.69) is 42.9 Å². The summed E-state index contributed by atoms with van der Waals surface area (Å²) in [6.45, 7) is 0. The van der Waals surface area contributed by atoms with Crippen molar-refractivity contribution in [2.45, 2.75) is 32.1 Å². The molecule has 0 aliphatic heterocycles. The SMILES string of the molecule is [CH]1C/C=C\C=C\CC/C=C/CC1. The average Bonchev–Trinajstić information content (AvgIpc) is 2.05. The number of rotatable bonds is 0. The lowest BCUT2D eigenvalue weighted by molar-refractivity contribution is 0.922. The smallest absolute Gasteiger partial charge is 0.0313 e. The molecule has 0 aromatic rings. The van der Waals surface area contributed by atoms with Crippen LogP contribution in [0.2, 0.25) is 0 Å². The molecule has 0 heteroatoms. The maximum Gasteiger partial charge on any atom is -0.0313 e. The second-order valence-electron chi connectivity index (χ2n) is 3.01. The van der Waals surface area contributed by atoms with Crippen molar-refractivity contribution in [1.82, 2.24) is 0 Å². The molecule has 1 aliphatic carbocycles. The van der Waals surface area contributed by atoms with E-state index in [0.717, 1.165) is 6.42 Å². The zero-order valence-electron chi connectivity index (χ0n) is 7.58. The predicted molar refractivity (Wildman–Crippen MR) is 54.8 cm³/mol. The van der Waals surface area contributed by atoms with Crippen LogP contribution in [-0.4, -0.2) is 0 Å². The Hall–Kier alpha value is -0.780. The zero-order chi connectivity index (χ0) is 8.49. The number of hydrogen-bond donors (Lipinski definition) is 0. The number of hydrogen-bond acceptors (Lipinski definition) is 0. The van der Waals surface area contributed by atoms with Crippen LogP contribution in [0.4, 0.5) is 0 Å². The van der Waals surface area contributed by atoms with Gasteiger partial charge in [-0.3, -0.25) is 0 Å². The molecule has 0 heterocycles. The van der Waals surface area contributed by atoms with Crippen LogP contribution in [0, 0.1) is 6.42 Å². The van der Waals surface area contributed by atoms with Crippen LogP contribution >= 0.6 is 0 Å². The summed E-state index contributed by atoms with van der Waals surface area (Å²) >= 11 is 0. The first-order valence-corrected chi connectivity index (χ1v) is 4.78. The van der Waals surface area contributed by atoms with Gasteiger partial charge in [0, 0.05) is 0 Å². The molecule has 0 nitrogen and oxygen atoms in total. The predicted octanol–water partition coefficient (Wildman–Crippen LogP) is 3.82. The zero-order valence-corrected chi connectivity index (χ0v) is 7.58. The van der Waals surface area contributed by atoms with Gasteiger partial charge < -0.3 is 0 Å². The fourth-order valence-corrected chi connectivity index (χ4v) is 1.19. The van der Waals surface area contributed by atoms with Gasteiger partial charge in [-0.1, -0.05) is 36.5 Å². The van der Waals surface area contributed by atoms with Crippen molar-refractivity contribution >= 4 is 0 Å². The Morgan fingerprint density at radius 1 is 0.583 bits per heavy atom. The Labute approximate surface area is 75.7 Å². The molecule has 1 rings (SSSR count). The maximum absolute atomic E-state index is 2.33. The first kappa shape index (κ1) is 9.31. The molecule has 65 valence electrons. The summed E-state index contributed by atoms with van der Waals surface area (Å²) in [5.74, 6) is 0. The minimum atomic E-state index is 1.11. The van der Waals surface area contributed by atoms with Crippen molar-refractivity contribution in [1.29, 1.82) is 0 Å². The van der Waals surface area contributed by atoms with Crippen molar-refractivity contribution in [3.05, 3.63) is 42.9 Å². The van der Waals surface area contributed by atoms with Gasteiger partial charge in [-0.05, 0) is 38.5 Å². The third kappa shape index (κ3) is 4.95. The van der Waals surface area contributed by atoms with E-state index < -0.39 is 0 Å². The first-order chi connectivity index (χ1) is 6.00. The van der Waals surface area contributed by atoms with Gasteiger partial charge in [-0.2, -0.15) is 0 Å². The van der Waals surface area contributed by atoms with E-state index in [1.54, 1.807) is 0 Å². The lowest BCUT2D eigenvalue weighted by Gasteiger charge is -1.93. The summed E-state index contributed by atoms with van der Waals surface area (Å²) in [7, 11) is 0. The van der Waals surface area contributed by atoms with Crippen LogP contribution in [0.1, 0.15) is 32.1 Å². The molecule has 0 fully saturated rings. The van der Waals surface area contributed by atoms with Crippen molar-refractivity contribution in [3.63, 3.8) is 0 Å². The van der Waals surface area contributed by atoms with Crippen LogP contribution in [-0.2, 0) is 0 Å². The van der Waals surface area contributed by atoms with E-state index in [1.165, 1.54) is 25.7 Å². The van der Waals surface area contributed by atoms with Crippen LogP contribution in [0.5, 0.6) is 0 Å². The van der Waals surface area contributed by atoms with Gasteiger partial charge in [0.1, 0.15) is 0 Å². The number of allylic oxidation sites excluding steroid dienone is 6. The molecule has 0 N–H and O–H groups in total. The van der Waals surface area contributed by atoms with E-state index in [0.29, 0.717) is 0 Å². The minimum absolute atomic E-state index is 1.11. The van der Waals surface area contributed by atoms with Crippen LogP contribution < -0.4 is 0 Å². The highest BCUT2D eigenvalue weighted by Crippen LogP contribution is 2.03. The van der Waals surface area contributed by atoms with Gasteiger partial charge in [0.2, 0.25) is 0 Å². The standard InChI is InChI=1S/C12H17/c1-2-4-6-8-10-12-11-9-7-5-3-1/h1-4,7,10,12H,5-6,8-9,11H2/b3-1-,4-2+,12-10+. The third-order valence-electron chi connectivity index (χ3n) is 1.89. The Morgan fingerprint density at radius 2 is 1.25 bits per heavy atom. The first-order valence-electron chi connectivity index (χ1n) is 4.78. The maximum atomic E-state index is 2.33. The summed E-state index contributed by atoms with van der Waals surface area (Å²) in [5, 5.41) is 0. The fraction of sp³-hybridized carbons (Fsp3) is 0.417. The van der Waals surface area contributed by atoms with Crippen molar-refractivity contribution < 1.29 is 0 Å². The third-order valence-corrected chi connectivity index (χ3v) is 1.89. The highest BCUT2D eigenvalue weighted by Gasteiger charge is 1.84. The summed E-state index contributed by atoms with van der Waals surface area (Å²) in [6, 6.07) is 0. The van der Waals surface area contributed by atoms with Gasteiger partial charge >= 0.3 is 0 Å². The molecular weight excluding hydrogens is 144 g/mol. The van der Waals surface area contributed by atoms with E-state index >= 15 is 0 Å². The molecule has 0 saturated heterocycles. The van der Waals surface area contributed by atoms with Crippen LogP contribution in [0.15, 0.2) is 36.5 Å². The second kappa shape index (κ2) is 6.90. The van der Waals surface area contributed by atoms with E-state index in [4.69, 9.17) is 0 Å². The summed E-state index contributed by atoms with van der Waals surface area (Å²) in [5.41, 5.74) is 0. The van der Waals surface area contributed by atoms with Crippen LogP contribution in [0.25, 0.3) is 0 Å². The topological polar surface area (TPSA) is 0 Å². The summed E-state index contributed by atoms with van der Waals surface area (Å²) in [4.78, 5) is 0. The average molecular weight is 161 g/mol. The Kier molecular flexibility index (Phi) is 5.35. The Morgan fingerprint density at radius 3 is 2.17 bits per heavy atom. The second-order valence-corrected chi connectivity index (χ2v) is 3.01. The molecule has 0 spiro atoms. The van der Waals surface area contributed by atoms with Gasteiger partial charge in [0.25, 0.3) is 0 Å². The van der Waals surface area contributed by atoms with E-state index in [9.17, 15) is 0 Å². The lowest BCUT2D eigenvalue weighted by Crippen LogP contribution is -1.75. The van der Waals surface area contributed by atoms with E-state index in [-0.39, 0.29) is 0 Å². The van der Waals surface area contributed by atoms with Crippen molar-refractivity contribution in [3.8, 4) is 0 Å². The molecule has 0 aromatic carbocycles. The van der Waals surface area contributed by atoms with Crippen molar-refractivity contribution in [2.24, 2.45) is 0 Å². The lowest BCUT2D eigenvalue weighted by atomic mass is 10.1. The van der Waals surface area contributed by atoms with Crippen molar-refractivity contribution in [2.75, 3.05) is 0 Å². The molecule has 1 radical (unpaired) electrons. The van der Waals surface area contributed by atoms with E-state index in [1.807, 2.05) is 0 Å². The highest BCUT2D eigenvalue weighted by molar-refractivity contribution is 5.04. The Bertz CT molecular complexity index is 172. The molecule has 12 heavy (non-hydrogen) atoms. The fourth-order valence-electron chi connectivity index (χ4n) is 1.19. The highest BCUT2D eigenvalue weighted by atomic mass is 13.9. The summed E-state index contributed by atoms with van der Waals surface area (Å²) < 4.78 is 0. The quantitative estimate of drug-likeness (QED) is 0.474. The molecule has 0 aromatic heterocycles. The molecular formula is C12H17. The normalized spacial score (nSPS) is 28.0. The molecule has 1 aliphatic rings. The van der Waals surface area contributed by atoms with Gasteiger partial charge in [-0.15, -0.1) is 0 Å². The summed E-state index contributed by atoms with van der Waals surface area (Å²) in [6.07, 6.45) is 21.5.